The summed E-state index contributed by atoms with van der Waals surface area (Å²) in [5, 5.41) is 6.45. The largest absolute Gasteiger partial charge is 0.345 e. The van der Waals surface area contributed by atoms with Gasteiger partial charge >= 0.3 is 0 Å². The van der Waals surface area contributed by atoms with Gasteiger partial charge in [-0.25, -0.2) is 4.98 Å². The third-order valence-corrected chi connectivity index (χ3v) is 2.30. The fraction of sp³-hybridized carbons (Fsp3) is 0.333. The van der Waals surface area contributed by atoms with Gasteiger partial charge in [-0.05, 0) is 12.1 Å². The minimum Gasteiger partial charge on any atom is -0.345 e. The molecule has 0 radical (unpaired) electrons. The first-order valence-corrected chi connectivity index (χ1v) is 4.76. The van der Waals surface area contributed by atoms with Crippen LogP contribution in [-0.4, -0.2) is 30.0 Å². The highest BCUT2D eigenvalue weighted by atomic mass is 35.5. The van der Waals surface area contributed by atoms with Crippen molar-refractivity contribution in [1.82, 2.24) is 15.6 Å². The summed E-state index contributed by atoms with van der Waals surface area (Å²) >= 11 is 5.66. The van der Waals surface area contributed by atoms with E-state index in [1.54, 1.807) is 12.1 Å². The maximum absolute atomic E-state index is 11.5. The molecule has 2 N–H and O–H groups in total. The summed E-state index contributed by atoms with van der Waals surface area (Å²) in [5.41, 5.74) is 0.404. The van der Waals surface area contributed by atoms with Crippen LogP contribution in [0.4, 0.5) is 0 Å². The quantitative estimate of drug-likeness (QED) is 0.747. The summed E-state index contributed by atoms with van der Waals surface area (Å²) in [6.45, 7) is 1.67. The van der Waals surface area contributed by atoms with Crippen molar-refractivity contribution in [2.75, 3.05) is 13.1 Å². The predicted molar refractivity (Wildman–Crippen MR) is 53.4 cm³/mol. The number of hydrogen-bond donors (Lipinski definition) is 2. The van der Waals surface area contributed by atoms with Gasteiger partial charge in [0.25, 0.3) is 5.91 Å². The van der Waals surface area contributed by atoms with Crippen molar-refractivity contribution in [3.8, 4) is 0 Å². The Bertz CT molecular complexity index is 334. The lowest BCUT2D eigenvalue weighted by molar-refractivity contribution is 0.0919. The van der Waals surface area contributed by atoms with Gasteiger partial charge in [-0.3, -0.25) is 4.79 Å². The summed E-state index contributed by atoms with van der Waals surface area (Å²) in [5.74, 6) is -0.145. The molecule has 1 aliphatic rings. The standard InChI is InChI=1S/C9H10ClN3O/c10-6-1-2-8(12-3-6)9(14)13-7-4-11-5-7/h1-3,7,11H,4-5H2,(H,13,14). The van der Waals surface area contributed by atoms with Crippen molar-refractivity contribution < 1.29 is 4.79 Å². The first-order valence-electron chi connectivity index (χ1n) is 4.39. The van der Waals surface area contributed by atoms with Gasteiger partial charge in [-0.1, -0.05) is 11.6 Å². The van der Waals surface area contributed by atoms with Crippen LogP contribution in [0.3, 0.4) is 0 Å². The van der Waals surface area contributed by atoms with Crippen LogP contribution < -0.4 is 10.6 Å². The van der Waals surface area contributed by atoms with E-state index in [4.69, 9.17) is 11.6 Å². The second kappa shape index (κ2) is 3.94. The van der Waals surface area contributed by atoms with Crippen LogP contribution in [0.25, 0.3) is 0 Å². The summed E-state index contributed by atoms with van der Waals surface area (Å²) in [4.78, 5) is 15.4. The van der Waals surface area contributed by atoms with Crippen molar-refractivity contribution in [2.45, 2.75) is 6.04 Å². The smallest absolute Gasteiger partial charge is 0.270 e. The number of pyridine rings is 1. The lowest BCUT2D eigenvalue weighted by Gasteiger charge is -2.27. The molecule has 1 aromatic heterocycles. The maximum Gasteiger partial charge on any atom is 0.270 e. The zero-order valence-corrected chi connectivity index (χ0v) is 8.21. The fourth-order valence-electron chi connectivity index (χ4n) is 1.16. The lowest BCUT2D eigenvalue weighted by Crippen LogP contribution is -2.57. The number of carbonyl (C=O) groups excluding carboxylic acids is 1. The number of nitrogens with one attached hydrogen (secondary N) is 2. The van der Waals surface area contributed by atoms with E-state index < -0.39 is 0 Å². The molecule has 4 nitrogen and oxygen atoms in total. The van der Waals surface area contributed by atoms with Crippen molar-refractivity contribution >= 4 is 17.5 Å². The third-order valence-electron chi connectivity index (χ3n) is 2.08. The molecule has 14 heavy (non-hydrogen) atoms. The monoisotopic (exact) mass is 211 g/mol. The van der Waals surface area contributed by atoms with Gasteiger partial charge in [0.1, 0.15) is 5.69 Å². The zero-order valence-electron chi connectivity index (χ0n) is 7.46. The van der Waals surface area contributed by atoms with E-state index in [0.717, 1.165) is 13.1 Å². The maximum atomic E-state index is 11.5. The highest BCUT2D eigenvalue weighted by molar-refractivity contribution is 6.30. The van der Waals surface area contributed by atoms with Crippen molar-refractivity contribution in [3.63, 3.8) is 0 Å². The number of carbonyl (C=O) groups is 1. The molecule has 0 atom stereocenters. The van der Waals surface area contributed by atoms with Crippen LogP contribution in [0, 0.1) is 0 Å². The van der Waals surface area contributed by atoms with E-state index >= 15 is 0 Å². The van der Waals surface area contributed by atoms with E-state index in [0.29, 0.717) is 10.7 Å². The molecule has 0 spiro atoms. The Morgan fingerprint density at radius 1 is 1.57 bits per heavy atom. The van der Waals surface area contributed by atoms with Crippen LogP contribution in [0.1, 0.15) is 10.5 Å². The van der Waals surface area contributed by atoms with Gasteiger partial charge < -0.3 is 10.6 Å². The minimum absolute atomic E-state index is 0.145. The Kier molecular flexibility index (Phi) is 2.65. The topological polar surface area (TPSA) is 54.0 Å². The minimum atomic E-state index is -0.145. The van der Waals surface area contributed by atoms with Crippen LogP contribution in [-0.2, 0) is 0 Å². The fourth-order valence-corrected chi connectivity index (χ4v) is 1.27. The van der Waals surface area contributed by atoms with Gasteiger partial charge in [-0.2, -0.15) is 0 Å². The number of halogens is 1. The number of amides is 1. The molecule has 0 saturated carbocycles. The number of aromatic nitrogens is 1. The molecular weight excluding hydrogens is 202 g/mol. The third kappa shape index (κ3) is 2.02. The molecule has 5 heteroatoms. The number of nitrogens with zero attached hydrogens (tertiary/aromatic N) is 1. The van der Waals surface area contributed by atoms with Crippen molar-refractivity contribution in [3.05, 3.63) is 29.0 Å². The van der Waals surface area contributed by atoms with Crippen LogP contribution in [0.2, 0.25) is 5.02 Å². The van der Waals surface area contributed by atoms with E-state index in [2.05, 4.69) is 15.6 Å². The molecule has 0 unspecified atom stereocenters. The second-order valence-electron chi connectivity index (χ2n) is 3.19. The second-order valence-corrected chi connectivity index (χ2v) is 3.63. The Hall–Kier alpha value is -1.13. The van der Waals surface area contributed by atoms with Gasteiger partial charge in [0.05, 0.1) is 11.1 Å². The summed E-state index contributed by atoms with van der Waals surface area (Å²) in [6.07, 6.45) is 1.47. The molecular formula is C9H10ClN3O. The number of rotatable bonds is 2. The molecule has 0 aliphatic carbocycles. The Balaban J connectivity index is 1.99. The van der Waals surface area contributed by atoms with Crippen LogP contribution >= 0.6 is 11.6 Å². The molecule has 1 aliphatic heterocycles. The SMILES string of the molecule is O=C(NC1CNC1)c1ccc(Cl)cn1. The average molecular weight is 212 g/mol. The Labute approximate surface area is 86.7 Å². The molecule has 1 fully saturated rings. The van der Waals surface area contributed by atoms with Gasteiger partial charge in [0.2, 0.25) is 0 Å². The van der Waals surface area contributed by atoms with Gasteiger partial charge in [-0.15, -0.1) is 0 Å². The summed E-state index contributed by atoms with van der Waals surface area (Å²) in [7, 11) is 0. The first kappa shape index (κ1) is 9.43. The van der Waals surface area contributed by atoms with E-state index in [-0.39, 0.29) is 11.9 Å². The predicted octanol–water partition coefficient (Wildman–Crippen LogP) is 0.437. The zero-order chi connectivity index (χ0) is 9.97. The van der Waals surface area contributed by atoms with Gasteiger partial charge in [0, 0.05) is 19.3 Å². The Morgan fingerprint density at radius 2 is 2.36 bits per heavy atom. The molecule has 2 heterocycles. The molecule has 0 bridgehead atoms. The molecule has 1 aromatic rings. The number of hydrogen-bond acceptors (Lipinski definition) is 3. The van der Waals surface area contributed by atoms with Crippen LogP contribution in [0.15, 0.2) is 18.3 Å². The summed E-state index contributed by atoms with van der Waals surface area (Å²) in [6, 6.07) is 3.51. The molecule has 74 valence electrons. The summed E-state index contributed by atoms with van der Waals surface area (Å²) < 4.78 is 0. The highest BCUT2D eigenvalue weighted by Gasteiger charge is 2.19. The van der Waals surface area contributed by atoms with Crippen LogP contribution in [0.5, 0.6) is 0 Å². The van der Waals surface area contributed by atoms with Crippen molar-refractivity contribution in [2.24, 2.45) is 0 Å². The molecule has 1 saturated heterocycles. The van der Waals surface area contributed by atoms with E-state index in [1.807, 2.05) is 0 Å². The van der Waals surface area contributed by atoms with E-state index in [9.17, 15) is 4.79 Å². The molecule has 2 rings (SSSR count). The Morgan fingerprint density at radius 3 is 2.86 bits per heavy atom. The van der Waals surface area contributed by atoms with Crippen molar-refractivity contribution in [1.29, 1.82) is 0 Å². The van der Waals surface area contributed by atoms with E-state index in [1.165, 1.54) is 6.20 Å². The highest BCUT2D eigenvalue weighted by Crippen LogP contribution is 2.06. The average Bonchev–Trinajstić information content (AvgIpc) is 2.12. The first-order chi connectivity index (χ1) is 6.75. The van der Waals surface area contributed by atoms with Gasteiger partial charge in [0.15, 0.2) is 0 Å². The molecule has 0 aromatic carbocycles. The lowest BCUT2D eigenvalue weighted by atomic mass is 10.2. The normalized spacial score (nSPS) is 16.1. The molecule has 1 amide bonds.